The van der Waals surface area contributed by atoms with Crippen molar-refractivity contribution in [3.63, 3.8) is 0 Å². The van der Waals surface area contributed by atoms with E-state index in [0.717, 1.165) is 18.4 Å². The Labute approximate surface area is 125 Å². The fraction of sp³-hybridized carbons (Fsp3) is 0.647. The quantitative estimate of drug-likeness (QED) is 0.795. The molecule has 114 valence electrons. The summed E-state index contributed by atoms with van der Waals surface area (Å²) in [4.78, 5) is 0. The Kier molecular flexibility index (Phi) is 2.44. The normalized spacial score (nSPS) is 39.0. The summed E-state index contributed by atoms with van der Waals surface area (Å²) in [7, 11) is 0. The Bertz CT molecular complexity index is 609. The van der Waals surface area contributed by atoms with Crippen LogP contribution in [0.15, 0.2) is 12.1 Å². The molecule has 1 saturated carbocycles. The molecule has 1 saturated heterocycles. The van der Waals surface area contributed by atoms with Gasteiger partial charge < -0.3 is 19.3 Å². The standard InChI is InChI=1S/C17H22O4/c1-9-7-10(18)8-12-14(9)19-15-13-11(16(2,3)21-15)5-6-17(13,4)20-12/h7-8,11,13,15,18H,5-6H2,1-4H3/t11-,13-,15+,17-/m0/s1. The maximum atomic E-state index is 9.83. The molecule has 0 amide bonds. The molecule has 0 unspecified atom stereocenters. The van der Waals surface area contributed by atoms with E-state index in [-0.39, 0.29) is 29.2 Å². The summed E-state index contributed by atoms with van der Waals surface area (Å²) in [5, 5.41) is 9.83. The highest BCUT2D eigenvalue weighted by Crippen LogP contribution is 2.58. The first-order chi connectivity index (χ1) is 9.80. The van der Waals surface area contributed by atoms with Crippen LogP contribution in [0.3, 0.4) is 0 Å². The van der Waals surface area contributed by atoms with Crippen molar-refractivity contribution in [2.24, 2.45) is 11.8 Å². The maximum Gasteiger partial charge on any atom is 0.207 e. The van der Waals surface area contributed by atoms with Crippen molar-refractivity contribution in [2.45, 2.75) is 58.0 Å². The number of phenols is 1. The largest absolute Gasteiger partial charge is 0.508 e. The van der Waals surface area contributed by atoms with Crippen molar-refractivity contribution in [3.8, 4) is 17.2 Å². The molecule has 1 aliphatic carbocycles. The number of hydrogen-bond donors (Lipinski definition) is 1. The highest BCUT2D eigenvalue weighted by atomic mass is 16.7. The van der Waals surface area contributed by atoms with Gasteiger partial charge in [-0.3, -0.25) is 0 Å². The lowest BCUT2D eigenvalue weighted by atomic mass is 9.81. The number of rotatable bonds is 0. The van der Waals surface area contributed by atoms with E-state index in [1.807, 2.05) is 6.92 Å². The van der Waals surface area contributed by atoms with Crippen LogP contribution >= 0.6 is 0 Å². The first-order valence-electron chi connectivity index (χ1n) is 7.67. The molecular formula is C17H22O4. The van der Waals surface area contributed by atoms with Crippen LogP contribution in [0.1, 0.15) is 39.2 Å². The predicted molar refractivity (Wildman–Crippen MR) is 77.7 cm³/mol. The van der Waals surface area contributed by atoms with Gasteiger partial charge in [0.25, 0.3) is 0 Å². The van der Waals surface area contributed by atoms with Crippen molar-refractivity contribution in [3.05, 3.63) is 17.7 Å². The van der Waals surface area contributed by atoms with Crippen molar-refractivity contribution in [1.82, 2.24) is 0 Å². The second kappa shape index (κ2) is 3.86. The zero-order valence-corrected chi connectivity index (χ0v) is 13.0. The van der Waals surface area contributed by atoms with E-state index in [1.54, 1.807) is 12.1 Å². The van der Waals surface area contributed by atoms with Crippen LogP contribution in [0.25, 0.3) is 0 Å². The first kappa shape index (κ1) is 13.3. The number of aromatic hydroxyl groups is 1. The Hall–Kier alpha value is -1.42. The molecule has 3 aliphatic rings. The van der Waals surface area contributed by atoms with E-state index in [9.17, 15) is 5.11 Å². The third-order valence-electron chi connectivity index (χ3n) is 5.50. The van der Waals surface area contributed by atoms with E-state index in [1.165, 1.54) is 0 Å². The van der Waals surface area contributed by atoms with Gasteiger partial charge in [0.05, 0.1) is 11.5 Å². The number of hydrogen-bond acceptors (Lipinski definition) is 4. The average molecular weight is 290 g/mol. The summed E-state index contributed by atoms with van der Waals surface area (Å²) in [5.74, 6) is 2.20. The number of aryl methyl sites for hydroxylation is 1. The third-order valence-corrected chi connectivity index (χ3v) is 5.50. The number of benzene rings is 1. The van der Waals surface area contributed by atoms with Gasteiger partial charge in [-0.25, -0.2) is 0 Å². The summed E-state index contributed by atoms with van der Waals surface area (Å²) >= 11 is 0. The molecule has 0 radical (unpaired) electrons. The summed E-state index contributed by atoms with van der Waals surface area (Å²) in [6.45, 7) is 8.36. The summed E-state index contributed by atoms with van der Waals surface area (Å²) < 4.78 is 18.7. The first-order valence-corrected chi connectivity index (χ1v) is 7.67. The van der Waals surface area contributed by atoms with Gasteiger partial charge in [0.2, 0.25) is 6.29 Å². The Morgan fingerprint density at radius 3 is 2.76 bits per heavy atom. The molecule has 1 N–H and O–H groups in total. The average Bonchev–Trinajstić information content (AvgIpc) is 2.78. The van der Waals surface area contributed by atoms with Crippen LogP contribution in [0.5, 0.6) is 17.2 Å². The lowest BCUT2D eigenvalue weighted by molar-refractivity contribution is -0.136. The summed E-state index contributed by atoms with van der Waals surface area (Å²) in [6.07, 6.45) is 1.80. The van der Waals surface area contributed by atoms with E-state index < -0.39 is 0 Å². The number of phenolic OH excluding ortho intramolecular Hbond substituents is 1. The van der Waals surface area contributed by atoms with Crippen LogP contribution < -0.4 is 9.47 Å². The smallest absolute Gasteiger partial charge is 0.207 e. The second-order valence-corrected chi connectivity index (χ2v) is 7.38. The molecule has 21 heavy (non-hydrogen) atoms. The third kappa shape index (κ3) is 1.71. The highest BCUT2D eigenvalue weighted by Gasteiger charge is 2.63. The molecular weight excluding hydrogens is 268 g/mol. The molecule has 4 nitrogen and oxygen atoms in total. The van der Waals surface area contributed by atoms with Gasteiger partial charge in [-0.2, -0.15) is 0 Å². The molecule has 1 aromatic rings. The lowest BCUT2D eigenvalue weighted by Gasteiger charge is -2.31. The van der Waals surface area contributed by atoms with E-state index in [4.69, 9.17) is 14.2 Å². The Balaban J connectivity index is 1.85. The molecule has 2 aliphatic heterocycles. The van der Waals surface area contributed by atoms with Crippen LogP contribution in [0, 0.1) is 18.8 Å². The fourth-order valence-electron chi connectivity index (χ4n) is 4.47. The molecule has 0 spiro atoms. The van der Waals surface area contributed by atoms with Gasteiger partial charge >= 0.3 is 0 Å². The minimum atomic E-state index is -0.297. The van der Waals surface area contributed by atoms with Gasteiger partial charge in [0.15, 0.2) is 11.5 Å². The number of fused-ring (bicyclic) bond motifs is 1. The zero-order valence-electron chi connectivity index (χ0n) is 13.0. The molecule has 2 fully saturated rings. The van der Waals surface area contributed by atoms with Gasteiger partial charge in [-0.15, -0.1) is 0 Å². The van der Waals surface area contributed by atoms with Crippen molar-refractivity contribution in [1.29, 1.82) is 0 Å². The van der Waals surface area contributed by atoms with Crippen LogP contribution in [-0.2, 0) is 4.74 Å². The van der Waals surface area contributed by atoms with Crippen molar-refractivity contribution < 1.29 is 19.3 Å². The van der Waals surface area contributed by atoms with Gasteiger partial charge in [-0.05, 0) is 52.2 Å². The van der Waals surface area contributed by atoms with Crippen molar-refractivity contribution in [2.75, 3.05) is 0 Å². The van der Waals surface area contributed by atoms with Gasteiger partial charge in [-0.1, -0.05) is 0 Å². The zero-order chi connectivity index (χ0) is 15.0. The SMILES string of the molecule is Cc1cc(O)cc2c1O[C@@H]1OC(C)(C)[C@H]3CC[C@](C)(O2)[C@H]13. The summed E-state index contributed by atoms with van der Waals surface area (Å²) in [5.41, 5.74) is 0.395. The minimum absolute atomic E-state index is 0.182. The molecule has 4 atom stereocenters. The number of ether oxygens (including phenoxy) is 3. The maximum absolute atomic E-state index is 9.83. The monoisotopic (exact) mass is 290 g/mol. The van der Waals surface area contributed by atoms with E-state index in [2.05, 4.69) is 20.8 Å². The predicted octanol–water partition coefficient (Wildman–Crippen LogP) is 3.39. The van der Waals surface area contributed by atoms with E-state index >= 15 is 0 Å². The highest BCUT2D eigenvalue weighted by molar-refractivity contribution is 5.52. The van der Waals surface area contributed by atoms with Crippen molar-refractivity contribution >= 4 is 0 Å². The molecule has 2 heterocycles. The van der Waals surface area contributed by atoms with Crippen LogP contribution in [-0.4, -0.2) is 22.6 Å². The van der Waals surface area contributed by atoms with Crippen LogP contribution in [0.4, 0.5) is 0 Å². The van der Waals surface area contributed by atoms with Gasteiger partial charge in [0, 0.05) is 12.0 Å². The second-order valence-electron chi connectivity index (χ2n) is 7.38. The molecule has 0 aromatic heterocycles. The fourth-order valence-corrected chi connectivity index (χ4v) is 4.47. The Morgan fingerprint density at radius 1 is 1.24 bits per heavy atom. The van der Waals surface area contributed by atoms with E-state index in [0.29, 0.717) is 17.4 Å². The molecule has 4 heteroatoms. The molecule has 1 aromatic carbocycles. The lowest BCUT2D eigenvalue weighted by Crippen LogP contribution is -2.42. The van der Waals surface area contributed by atoms with Gasteiger partial charge in [0.1, 0.15) is 11.4 Å². The summed E-state index contributed by atoms with van der Waals surface area (Å²) in [6, 6.07) is 3.34. The minimum Gasteiger partial charge on any atom is -0.508 e. The Morgan fingerprint density at radius 2 is 2.00 bits per heavy atom. The molecule has 4 rings (SSSR count). The topological polar surface area (TPSA) is 47.9 Å². The molecule has 0 bridgehead atoms. The van der Waals surface area contributed by atoms with Crippen LogP contribution in [0.2, 0.25) is 0 Å².